The molecular weight excluding hydrogens is 304 g/mol. The average Bonchev–Trinajstić information content (AvgIpc) is 3.22. The maximum absolute atomic E-state index is 11.3. The van der Waals surface area contributed by atoms with Gasteiger partial charge < -0.3 is 9.15 Å². The second-order valence-corrected chi connectivity index (χ2v) is 5.19. The number of ether oxygens (including phenoxy) is 1. The van der Waals surface area contributed by atoms with Gasteiger partial charge in [-0.1, -0.05) is 11.8 Å². The van der Waals surface area contributed by atoms with Crippen molar-refractivity contribution in [2.24, 2.45) is 0 Å². The van der Waals surface area contributed by atoms with E-state index >= 15 is 0 Å². The van der Waals surface area contributed by atoms with Crippen LogP contribution in [-0.2, 0) is 10.5 Å². The van der Waals surface area contributed by atoms with Gasteiger partial charge in [0.25, 0.3) is 0 Å². The van der Waals surface area contributed by atoms with Gasteiger partial charge in [0.1, 0.15) is 5.76 Å². The van der Waals surface area contributed by atoms with Crippen LogP contribution in [-0.4, -0.2) is 33.2 Å². The Balaban J connectivity index is 1.64. The molecule has 0 aliphatic carbocycles. The lowest BCUT2D eigenvalue weighted by atomic mass is 10.3. The molecule has 8 heteroatoms. The molecule has 0 radical (unpaired) electrons. The van der Waals surface area contributed by atoms with Gasteiger partial charge in [0.2, 0.25) is 10.9 Å². The molecule has 0 saturated carbocycles. The second-order valence-electron chi connectivity index (χ2n) is 4.25. The third-order valence-electron chi connectivity index (χ3n) is 2.81. The minimum atomic E-state index is -0.492. The van der Waals surface area contributed by atoms with Crippen LogP contribution in [0.3, 0.4) is 0 Å². The number of rotatable bonds is 5. The van der Waals surface area contributed by atoms with Crippen LogP contribution >= 0.6 is 11.8 Å². The number of thioether (sulfide) groups is 1. The highest BCUT2D eigenvalue weighted by molar-refractivity contribution is 7.98. The molecule has 3 aromatic rings. The van der Waals surface area contributed by atoms with E-state index < -0.39 is 5.97 Å². The van der Waals surface area contributed by atoms with Crippen molar-refractivity contribution in [3.63, 3.8) is 0 Å². The molecule has 0 saturated heterocycles. The minimum absolute atomic E-state index is 0.186. The first-order chi connectivity index (χ1) is 10.8. The number of nitrogens with zero attached hydrogens (tertiary/aromatic N) is 3. The van der Waals surface area contributed by atoms with E-state index in [1.165, 1.54) is 18.9 Å². The number of carbonyl (C=O) groups is 1. The van der Waals surface area contributed by atoms with Crippen molar-refractivity contribution in [2.75, 3.05) is 7.11 Å². The van der Waals surface area contributed by atoms with Crippen LogP contribution in [0, 0.1) is 0 Å². The highest BCUT2D eigenvalue weighted by Gasteiger charge is 2.12. The molecule has 0 atom stereocenters. The van der Waals surface area contributed by atoms with Gasteiger partial charge in [-0.25, -0.2) is 9.78 Å². The average molecular weight is 316 g/mol. The Bertz CT molecular complexity index is 769. The molecule has 0 unspecified atom stereocenters. The number of H-pyrrole nitrogens is 1. The van der Waals surface area contributed by atoms with Crippen LogP contribution < -0.4 is 0 Å². The first-order valence-electron chi connectivity index (χ1n) is 6.39. The van der Waals surface area contributed by atoms with Gasteiger partial charge in [-0.05, 0) is 24.3 Å². The molecule has 22 heavy (non-hydrogen) atoms. The van der Waals surface area contributed by atoms with E-state index in [-0.39, 0.29) is 5.76 Å². The number of furan rings is 1. The number of aromatic amines is 1. The van der Waals surface area contributed by atoms with Crippen molar-refractivity contribution in [1.29, 1.82) is 0 Å². The summed E-state index contributed by atoms with van der Waals surface area (Å²) in [4.78, 5) is 19.7. The van der Waals surface area contributed by atoms with E-state index in [9.17, 15) is 4.79 Å². The number of carbonyl (C=O) groups excluding carboxylic acids is 1. The van der Waals surface area contributed by atoms with Crippen molar-refractivity contribution in [3.8, 4) is 11.4 Å². The van der Waals surface area contributed by atoms with Crippen molar-refractivity contribution in [1.82, 2.24) is 20.2 Å². The topological polar surface area (TPSA) is 93.9 Å². The molecule has 112 valence electrons. The third-order valence-corrected chi connectivity index (χ3v) is 3.68. The Labute approximate surface area is 130 Å². The van der Waals surface area contributed by atoms with Crippen molar-refractivity contribution < 1.29 is 13.9 Å². The maximum atomic E-state index is 11.3. The van der Waals surface area contributed by atoms with Gasteiger partial charge in [-0.15, -0.1) is 5.10 Å². The number of pyridine rings is 1. The molecule has 0 aliphatic heterocycles. The smallest absolute Gasteiger partial charge is 0.373 e. The summed E-state index contributed by atoms with van der Waals surface area (Å²) < 4.78 is 9.97. The van der Waals surface area contributed by atoms with Crippen molar-refractivity contribution in [2.45, 2.75) is 10.9 Å². The van der Waals surface area contributed by atoms with Crippen LogP contribution in [0.15, 0.2) is 46.2 Å². The number of aromatic nitrogens is 4. The maximum Gasteiger partial charge on any atom is 0.373 e. The third kappa shape index (κ3) is 3.17. The Morgan fingerprint density at radius 1 is 1.32 bits per heavy atom. The summed E-state index contributed by atoms with van der Waals surface area (Å²) in [5.74, 6) is 1.55. The monoisotopic (exact) mass is 316 g/mol. The van der Waals surface area contributed by atoms with E-state index in [1.54, 1.807) is 24.5 Å². The summed E-state index contributed by atoms with van der Waals surface area (Å²) in [6.45, 7) is 0. The lowest BCUT2D eigenvalue weighted by molar-refractivity contribution is 0.0563. The van der Waals surface area contributed by atoms with Gasteiger partial charge in [-0.3, -0.25) is 10.1 Å². The van der Waals surface area contributed by atoms with E-state index in [1.807, 2.05) is 12.1 Å². The zero-order valence-electron chi connectivity index (χ0n) is 11.6. The summed E-state index contributed by atoms with van der Waals surface area (Å²) >= 11 is 1.41. The zero-order chi connectivity index (χ0) is 15.4. The van der Waals surface area contributed by atoms with Crippen LogP contribution in [0.1, 0.15) is 16.3 Å². The predicted octanol–water partition coefficient (Wildman–Crippen LogP) is 2.54. The molecule has 0 bridgehead atoms. The number of esters is 1. The lowest BCUT2D eigenvalue weighted by Crippen LogP contribution is -1.98. The second kappa shape index (κ2) is 6.44. The standard InChI is InChI=1S/C14H12N4O3S/c1-20-13(19)11-3-2-10(21-11)8-22-14-16-12(17-18-14)9-4-6-15-7-5-9/h2-7H,8H2,1H3,(H,16,17,18). The van der Waals surface area contributed by atoms with E-state index in [0.717, 1.165) is 5.56 Å². The summed E-state index contributed by atoms with van der Waals surface area (Å²) in [5.41, 5.74) is 0.917. The summed E-state index contributed by atoms with van der Waals surface area (Å²) in [7, 11) is 1.31. The highest BCUT2D eigenvalue weighted by atomic mass is 32.2. The van der Waals surface area contributed by atoms with Gasteiger partial charge in [0.15, 0.2) is 5.82 Å². The Kier molecular flexibility index (Phi) is 4.19. The van der Waals surface area contributed by atoms with Gasteiger partial charge >= 0.3 is 5.97 Å². The van der Waals surface area contributed by atoms with Crippen molar-refractivity contribution >= 4 is 17.7 Å². The Morgan fingerprint density at radius 3 is 2.91 bits per heavy atom. The molecule has 0 aliphatic rings. The molecule has 0 spiro atoms. The Hall–Kier alpha value is -2.61. The van der Waals surface area contributed by atoms with Crippen LogP contribution in [0.4, 0.5) is 0 Å². The van der Waals surface area contributed by atoms with Gasteiger partial charge in [0, 0.05) is 18.0 Å². The van der Waals surface area contributed by atoms with Crippen LogP contribution in [0.25, 0.3) is 11.4 Å². The SMILES string of the molecule is COC(=O)c1ccc(CSc2n[nH]c(-c3ccncc3)n2)o1. The first kappa shape index (κ1) is 14.3. The lowest BCUT2D eigenvalue weighted by Gasteiger charge is -1.95. The molecule has 3 aromatic heterocycles. The highest BCUT2D eigenvalue weighted by Crippen LogP contribution is 2.23. The van der Waals surface area contributed by atoms with Gasteiger partial charge in [-0.2, -0.15) is 0 Å². The van der Waals surface area contributed by atoms with E-state index in [0.29, 0.717) is 22.5 Å². The summed E-state index contributed by atoms with van der Waals surface area (Å²) in [6.07, 6.45) is 3.39. The molecular formula is C14H12N4O3S. The van der Waals surface area contributed by atoms with Crippen molar-refractivity contribution in [3.05, 3.63) is 48.2 Å². The number of hydrogen-bond donors (Lipinski definition) is 1. The molecule has 3 heterocycles. The fourth-order valence-electron chi connectivity index (χ4n) is 1.75. The number of methoxy groups -OCH3 is 1. The van der Waals surface area contributed by atoms with Gasteiger partial charge in [0.05, 0.1) is 12.9 Å². The quantitative estimate of drug-likeness (QED) is 0.571. The number of hydrogen-bond acceptors (Lipinski definition) is 7. The molecule has 1 N–H and O–H groups in total. The molecule has 7 nitrogen and oxygen atoms in total. The fraction of sp³-hybridized carbons (Fsp3) is 0.143. The largest absolute Gasteiger partial charge is 0.463 e. The van der Waals surface area contributed by atoms with Crippen LogP contribution in [0.2, 0.25) is 0 Å². The molecule has 0 fully saturated rings. The first-order valence-corrected chi connectivity index (χ1v) is 7.37. The molecule has 0 amide bonds. The molecule has 0 aromatic carbocycles. The summed E-state index contributed by atoms with van der Waals surface area (Å²) in [6, 6.07) is 7.02. The summed E-state index contributed by atoms with van der Waals surface area (Å²) in [5, 5.41) is 7.62. The van der Waals surface area contributed by atoms with Crippen LogP contribution in [0.5, 0.6) is 0 Å². The normalized spacial score (nSPS) is 10.6. The predicted molar refractivity (Wildman–Crippen MR) is 79.2 cm³/mol. The van der Waals surface area contributed by atoms with E-state index in [2.05, 4.69) is 24.9 Å². The number of nitrogens with one attached hydrogen (secondary N) is 1. The fourth-order valence-corrected chi connectivity index (χ4v) is 2.44. The van der Waals surface area contributed by atoms with E-state index in [4.69, 9.17) is 4.42 Å². The zero-order valence-corrected chi connectivity index (χ0v) is 12.5. The Morgan fingerprint density at radius 2 is 2.14 bits per heavy atom. The molecule has 3 rings (SSSR count). The minimum Gasteiger partial charge on any atom is -0.463 e.